The third kappa shape index (κ3) is 4.71. The maximum atomic E-state index is 12.8. The van der Waals surface area contributed by atoms with Gasteiger partial charge in [0.05, 0.1) is 0 Å². The normalized spacial score (nSPS) is 34.3. The van der Waals surface area contributed by atoms with Gasteiger partial charge in [0.2, 0.25) is 5.91 Å². The molecule has 12 nitrogen and oxygen atoms in total. The molecule has 0 bridgehead atoms. The van der Waals surface area contributed by atoms with E-state index in [2.05, 4.69) is 4.74 Å². The highest BCUT2D eigenvalue weighted by Gasteiger charge is 2.75. The number of esters is 1. The van der Waals surface area contributed by atoms with E-state index in [0.717, 1.165) is 6.92 Å². The molecule has 0 spiro atoms. The zero-order valence-electron chi connectivity index (χ0n) is 20.7. The fraction of sp³-hybridized carbons (Fsp3) is 0.684. The van der Waals surface area contributed by atoms with Gasteiger partial charge < -0.3 is 34.9 Å². The number of carbonyl (C=O) groups is 6. The van der Waals surface area contributed by atoms with E-state index in [4.69, 9.17) is 10.2 Å². The van der Waals surface area contributed by atoms with Gasteiger partial charge in [-0.15, -0.1) is 0 Å². The topological polar surface area (TPSA) is 194 Å². The smallest absolute Gasteiger partial charge is 0.302 e. The molecule has 0 radical (unpaired) electrons. The van der Waals surface area contributed by atoms with Crippen molar-refractivity contribution in [3.05, 3.63) is 0 Å². The highest BCUT2D eigenvalue weighted by atomic mass is 16.7. The van der Waals surface area contributed by atoms with Gasteiger partial charge in [-0.1, -0.05) is 0 Å². The van der Waals surface area contributed by atoms with E-state index in [1.54, 1.807) is 0 Å². The number of hydrogen-bond acceptors (Lipinski definition) is 11. The number of aliphatic hydroxyl groups is 3. The second-order valence-corrected chi connectivity index (χ2v) is 6.99. The van der Waals surface area contributed by atoms with Crippen LogP contribution in [-0.2, 0) is 38.2 Å². The van der Waals surface area contributed by atoms with Crippen molar-refractivity contribution >= 4 is 35.0 Å². The average Bonchev–Trinajstić information content (AvgIpc) is 2.84. The summed E-state index contributed by atoms with van der Waals surface area (Å²) in [5, 5.41) is 35.8. The summed E-state index contributed by atoms with van der Waals surface area (Å²) in [5.41, 5.74) is -7.25. The maximum Gasteiger partial charge on any atom is 0.302 e. The Morgan fingerprint density at radius 2 is 1.52 bits per heavy atom. The van der Waals surface area contributed by atoms with Crippen LogP contribution >= 0.6 is 0 Å². The second kappa shape index (κ2) is 9.30. The molecule has 0 aromatic heterocycles. The van der Waals surface area contributed by atoms with Crippen LogP contribution in [0, 0.1) is 0 Å². The fourth-order valence-electron chi connectivity index (χ4n) is 3.16. The van der Waals surface area contributed by atoms with E-state index in [1.807, 2.05) is 5.32 Å². The zero-order valence-corrected chi connectivity index (χ0v) is 16.7. The molecule has 1 fully saturated rings. The van der Waals surface area contributed by atoms with Crippen molar-refractivity contribution in [2.24, 2.45) is 0 Å². The molecule has 31 heavy (non-hydrogen) atoms. The summed E-state index contributed by atoms with van der Waals surface area (Å²) in [6, 6.07) is -2.69. The standard InChI is InChI=1S/C19H27NO11/c1-9(21)6-7-15(26)20-16-18(28,11(3)23)17(27,10(2)22)14(8-30-13(5)25)31-19(16,29)12(4)24/h14,16,27-29H,6-8H2,1-5H3,(H,20,26)/t14-,16-,17-,18-,19?/m1/s1/i2D,3D,4D,5D. The summed E-state index contributed by atoms with van der Waals surface area (Å²) in [6.45, 7) is -4.96. The molecule has 1 heterocycles. The van der Waals surface area contributed by atoms with Crippen LogP contribution in [0.4, 0.5) is 0 Å². The predicted octanol–water partition coefficient (Wildman–Crippen LogP) is -2.28. The van der Waals surface area contributed by atoms with Crippen LogP contribution in [0.5, 0.6) is 0 Å². The Morgan fingerprint density at radius 3 is 2.03 bits per heavy atom. The maximum absolute atomic E-state index is 12.8. The Kier molecular flexibility index (Phi) is 6.11. The average molecular weight is 449 g/mol. The molecule has 0 aromatic rings. The van der Waals surface area contributed by atoms with Crippen LogP contribution in [0.25, 0.3) is 0 Å². The molecule has 1 unspecified atom stereocenters. The van der Waals surface area contributed by atoms with Crippen molar-refractivity contribution in [2.75, 3.05) is 6.61 Å². The van der Waals surface area contributed by atoms with Crippen LogP contribution in [0.1, 0.15) is 52.8 Å². The van der Waals surface area contributed by atoms with Crippen molar-refractivity contribution in [3.8, 4) is 0 Å². The summed E-state index contributed by atoms with van der Waals surface area (Å²) in [6.07, 6.45) is -3.35. The van der Waals surface area contributed by atoms with E-state index in [9.17, 15) is 44.1 Å². The monoisotopic (exact) mass is 449 g/mol. The van der Waals surface area contributed by atoms with Crippen LogP contribution in [0.3, 0.4) is 0 Å². The van der Waals surface area contributed by atoms with Gasteiger partial charge in [0.1, 0.15) is 24.5 Å². The van der Waals surface area contributed by atoms with E-state index in [1.165, 1.54) is 0 Å². The van der Waals surface area contributed by atoms with E-state index >= 15 is 0 Å². The first-order valence-electron chi connectivity index (χ1n) is 11.6. The van der Waals surface area contributed by atoms with E-state index < -0.39 is 105 Å². The van der Waals surface area contributed by atoms with Crippen molar-refractivity contribution in [1.29, 1.82) is 0 Å². The molecular weight excluding hydrogens is 418 g/mol. The summed E-state index contributed by atoms with van der Waals surface area (Å²) in [7, 11) is 0. The Bertz CT molecular complexity index is 887. The van der Waals surface area contributed by atoms with Crippen molar-refractivity contribution in [1.82, 2.24) is 5.32 Å². The molecule has 5 atom stereocenters. The van der Waals surface area contributed by atoms with Crippen molar-refractivity contribution in [3.63, 3.8) is 0 Å². The number of hydrogen-bond donors (Lipinski definition) is 4. The molecular formula is C19H27NO11. The van der Waals surface area contributed by atoms with Crippen LogP contribution in [0.15, 0.2) is 0 Å². The number of nitrogens with one attached hydrogen (secondary N) is 1. The Morgan fingerprint density at radius 1 is 0.935 bits per heavy atom. The van der Waals surface area contributed by atoms with Gasteiger partial charge >= 0.3 is 5.97 Å². The highest BCUT2D eigenvalue weighted by molar-refractivity contribution is 6.01. The van der Waals surface area contributed by atoms with Gasteiger partial charge in [-0.3, -0.25) is 24.0 Å². The largest absolute Gasteiger partial charge is 0.463 e. The minimum atomic E-state index is -3.70. The molecule has 12 heteroatoms. The van der Waals surface area contributed by atoms with Crippen LogP contribution in [-0.4, -0.2) is 86.1 Å². The lowest BCUT2D eigenvalue weighted by molar-refractivity contribution is -0.339. The SMILES string of the molecule is [2H]CC(=O)OC[C@H]1OC(O)(C(=O)C[2H])[C@H](NC(=O)CCC(C)=O)[C@](O)(C(=O)C[2H])[C@@]1(O)C(=O)C[2H]. The molecule has 4 N–H and O–H groups in total. The molecule has 1 amide bonds. The molecule has 0 aliphatic carbocycles. The molecule has 174 valence electrons. The lowest BCUT2D eigenvalue weighted by atomic mass is 9.64. The molecule has 0 saturated carbocycles. The molecule has 1 aliphatic heterocycles. The number of rotatable bonds is 9. The number of carbonyl (C=O) groups excluding carboxylic acids is 6. The first-order chi connectivity index (χ1) is 16.2. The van der Waals surface area contributed by atoms with Crippen molar-refractivity contribution < 1.29 is 59.0 Å². The van der Waals surface area contributed by atoms with Gasteiger partial charge in [-0.2, -0.15) is 0 Å². The first kappa shape index (κ1) is 20.4. The molecule has 1 rings (SSSR count). The Labute approximate surface area is 183 Å². The zero-order chi connectivity index (χ0) is 27.2. The first-order valence-corrected chi connectivity index (χ1v) is 8.76. The minimum absolute atomic E-state index is 0.351. The van der Waals surface area contributed by atoms with Crippen molar-refractivity contribution in [2.45, 2.75) is 76.5 Å². The third-order valence-corrected chi connectivity index (χ3v) is 4.83. The van der Waals surface area contributed by atoms with Gasteiger partial charge in [-0.25, -0.2) is 0 Å². The molecule has 1 saturated heterocycles. The van der Waals surface area contributed by atoms with E-state index in [0.29, 0.717) is 0 Å². The van der Waals surface area contributed by atoms with Crippen LogP contribution < -0.4 is 5.32 Å². The van der Waals surface area contributed by atoms with Crippen LogP contribution in [0.2, 0.25) is 0 Å². The molecule has 0 aromatic carbocycles. The number of ether oxygens (including phenoxy) is 2. The van der Waals surface area contributed by atoms with Gasteiger partial charge in [0, 0.05) is 32.1 Å². The summed E-state index contributed by atoms with van der Waals surface area (Å²) < 4.78 is 38.8. The highest BCUT2D eigenvalue weighted by Crippen LogP contribution is 2.44. The number of Topliss-reactive ketones (excluding diaryl/α,β-unsaturated/α-hetero) is 4. The lowest BCUT2D eigenvalue weighted by Crippen LogP contribution is -2.86. The summed E-state index contributed by atoms with van der Waals surface area (Å²) in [5.74, 6) is -11.2. The summed E-state index contributed by atoms with van der Waals surface area (Å²) >= 11 is 0. The predicted molar refractivity (Wildman–Crippen MR) is 100 cm³/mol. The van der Waals surface area contributed by atoms with Gasteiger partial charge in [0.15, 0.2) is 28.6 Å². The van der Waals surface area contributed by atoms with Gasteiger partial charge in [0.25, 0.3) is 5.79 Å². The second-order valence-electron chi connectivity index (χ2n) is 6.99. The lowest BCUT2D eigenvalue weighted by Gasteiger charge is -2.56. The quantitative estimate of drug-likeness (QED) is 0.277. The number of ketones is 4. The minimum Gasteiger partial charge on any atom is -0.463 e. The molecule has 1 aliphatic rings. The van der Waals surface area contributed by atoms with E-state index in [-0.39, 0.29) is 6.42 Å². The number of amides is 1. The van der Waals surface area contributed by atoms with Gasteiger partial charge in [-0.05, 0) is 20.7 Å². The Balaban J connectivity index is 3.84. The summed E-state index contributed by atoms with van der Waals surface area (Å²) in [4.78, 5) is 73.2. The fourth-order valence-corrected chi connectivity index (χ4v) is 3.16. The third-order valence-electron chi connectivity index (χ3n) is 4.83. The Hall–Kier alpha value is -2.54.